The Bertz CT molecular complexity index is 410. The normalized spacial score (nSPS) is 27.5. The first kappa shape index (κ1) is 14.6. The van der Waals surface area contributed by atoms with Crippen molar-refractivity contribution >= 4 is 0 Å². The maximum absolute atomic E-state index is 5.94. The van der Waals surface area contributed by atoms with Crippen molar-refractivity contribution in [2.75, 3.05) is 6.61 Å². The first-order chi connectivity index (χ1) is 9.06. The number of hydrogen-bond acceptors (Lipinski definition) is 1. The van der Waals surface area contributed by atoms with Gasteiger partial charge in [0, 0.05) is 6.61 Å². The lowest BCUT2D eigenvalue weighted by atomic mass is 9.76. The molecule has 3 atom stereocenters. The van der Waals surface area contributed by atoms with E-state index in [4.69, 9.17) is 4.74 Å². The average molecular weight is 260 g/mol. The van der Waals surface area contributed by atoms with Crippen LogP contribution in [0.15, 0.2) is 18.2 Å². The van der Waals surface area contributed by atoms with Gasteiger partial charge in [-0.15, -0.1) is 0 Å². The van der Waals surface area contributed by atoms with Crippen molar-refractivity contribution in [1.29, 1.82) is 0 Å². The highest BCUT2D eigenvalue weighted by Gasteiger charge is 2.24. The van der Waals surface area contributed by atoms with E-state index in [1.54, 1.807) is 0 Å². The lowest BCUT2D eigenvalue weighted by molar-refractivity contribution is 0.0557. The highest BCUT2D eigenvalue weighted by atomic mass is 16.5. The van der Waals surface area contributed by atoms with Crippen molar-refractivity contribution < 1.29 is 4.74 Å². The molecule has 0 aromatic heterocycles. The van der Waals surface area contributed by atoms with Crippen molar-refractivity contribution in [3.63, 3.8) is 0 Å². The molecule has 19 heavy (non-hydrogen) atoms. The van der Waals surface area contributed by atoms with E-state index in [1.807, 2.05) is 0 Å². The zero-order chi connectivity index (χ0) is 13.8. The average Bonchev–Trinajstić information content (AvgIpc) is 2.38. The second kappa shape index (κ2) is 6.56. The molecule has 1 nitrogen and oxygen atoms in total. The zero-order valence-corrected chi connectivity index (χ0v) is 12.9. The van der Waals surface area contributed by atoms with E-state index in [1.165, 1.54) is 36.0 Å². The maximum atomic E-state index is 5.94. The Labute approximate surface area is 118 Å². The number of hydrogen-bond donors (Lipinski definition) is 0. The van der Waals surface area contributed by atoms with Crippen LogP contribution in [-0.2, 0) is 11.3 Å². The lowest BCUT2D eigenvalue weighted by Gasteiger charge is -2.31. The van der Waals surface area contributed by atoms with E-state index in [9.17, 15) is 0 Å². The van der Waals surface area contributed by atoms with E-state index in [-0.39, 0.29) is 0 Å². The molecule has 1 fully saturated rings. The first-order valence-electron chi connectivity index (χ1n) is 7.70. The van der Waals surface area contributed by atoms with Crippen LogP contribution in [0.5, 0.6) is 0 Å². The van der Waals surface area contributed by atoms with Crippen LogP contribution >= 0.6 is 0 Å². The summed E-state index contributed by atoms with van der Waals surface area (Å²) in [7, 11) is 0. The van der Waals surface area contributed by atoms with Gasteiger partial charge in [-0.3, -0.25) is 0 Å². The molecule has 1 heteroatoms. The van der Waals surface area contributed by atoms with Gasteiger partial charge in [0.25, 0.3) is 0 Å². The molecule has 0 N–H and O–H groups in total. The highest BCUT2D eigenvalue weighted by Crippen LogP contribution is 2.33. The Hall–Kier alpha value is -0.820. The number of benzene rings is 1. The molecular weight excluding hydrogens is 232 g/mol. The van der Waals surface area contributed by atoms with Gasteiger partial charge < -0.3 is 4.74 Å². The van der Waals surface area contributed by atoms with E-state index < -0.39 is 0 Å². The Kier molecular flexibility index (Phi) is 5.04. The molecule has 1 aliphatic rings. The molecule has 106 valence electrons. The minimum Gasteiger partial charge on any atom is -0.376 e. The second-order valence-electron chi connectivity index (χ2n) is 6.57. The van der Waals surface area contributed by atoms with E-state index in [0.717, 1.165) is 31.0 Å². The monoisotopic (exact) mass is 260 g/mol. The molecule has 0 aliphatic heterocycles. The van der Waals surface area contributed by atoms with Gasteiger partial charge in [-0.05, 0) is 61.1 Å². The first-order valence-corrected chi connectivity index (χ1v) is 7.70. The van der Waals surface area contributed by atoms with Crippen LogP contribution in [0.1, 0.15) is 49.8 Å². The van der Waals surface area contributed by atoms with Crippen LogP contribution in [0, 0.1) is 31.6 Å². The SMILES string of the molecule is Cc1ccc(COCC2CCC(C)C(C)C2)cc1C. The predicted molar refractivity (Wildman–Crippen MR) is 81.2 cm³/mol. The smallest absolute Gasteiger partial charge is 0.0717 e. The molecular formula is C18H28O. The molecule has 0 radical (unpaired) electrons. The quantitative estimate of drug-likeness (QED) is 0.748. The van der Waals surface area contributed by atoms with Gasteiger partial charge in [-0.25, -0.2) is 0 Å². The van der Waals surface area contributed by atoms with Gasteiger partial charge in [-0.2, -0.15) is 0 Å². The fraction of sp³-hybridized carbons (Fsp3) is 0.667. The fourth-order valence-electron chi connectivity index (χ4n) is 3.05. The molecule has 1 aliphatic carbocycles. The van der Waals surface area contributed by atoms with Crippen LogP contribution in [0.25, 0.3) is 0 Å². The van der Waals surface area contributed by atoms with Crippen molar-refractivity contribution in [1.82, 2.24) is 0 Å². The van der Waals surface area contributed by atoms with Crippen LogP contribution < -0.4 is 0 Å². The van der Waals surface area contributed by atoms with Gasteiger partial charge in [0.2, 0.25) is 0 Å². The van der Waals surface area contributed by atoms with Crippen LogP contribution in [-0.4, -0.2) is 6.61 Å². The van der Waals surface area contributed by atoms with Gasteiger partial charge in [-0.1, -0.05) is 38.5 Å². The molecule has 1 aromatic rings. The van der Waals surface area contributed by atoms with Gasteiger partial charge >= 0.3 is 0 Å². The molecule has 0 spiro atoms. The molecule has 0 amide bonds. The Balaban J connectivity index is 1.76. The van der Waals surface area contributed by atoms with Gasteiger partial charge in [0.1, 0.15) is 0 Å². The van der Waals surface area contributed by atoms with E-state index in [0.29, 0.717) is 0 Å². The van der Waals surface area contributed by atoms with Crippen molar-refractivity contribution in [3.8, 4) is 0 Å². The second-order valence-corrected chi connectivity index (χ2v) is 6.57. The molecule has 0 saturated heterocycles. The van der Waals surface area contributed by atoms with E-state index >= 15 is 0 Å². The number of ether oxygens (including phenoxy) is 1. The summed E-state index contributed by atoms with van der Waals surface area (Å²) in [6.07, 6.45) is 4.06. The van der Waals surface area contributed by atoms with Crippen molar-refractivity contribution in [2.45, 2.75) is 53.6 Å². The topological polar surface area (TPSA) is 9.23 Å². The Morgan fingerprint density at radius 3 is 2.53 bits per heavy atom. The standard InChI is InChI=1S/C18H28O/c1-13-5-7-17(9-15(13)3)11-19-12-18-8-6-14(2)16(4)10-18/h5,7,9,14,16,18H,6,8,10-12H2,1-4H3. The molecule has 0 bridgehead atoms. The molecule has 1 saturated carbocycles. The summed E-state index contributed by atoms with van der Waals surface area (Å²) in [6.45, 7) is 10.8. The Morgan fingerprint density at radius 2 is 1.84 bits per heavy atom. The van der Waals surface area contributed by atoms with E-state index in [2.05, 4.69) is 45.9 Å². The maximum Gasteiger partial charge on any atom is 0.0717 e. The highest BCUT2D eigenvalue weighted by molar-refractivity contribution is 5.29. The summed E-state index contributed by atoms with van der Waals surface area (Å²) < 4.78 is 5.94. The number of aryl methyl sites for hydroxylation is 2. The third-order valence-corrected chi connectivity index (χ3v) is 4.90. The summed E-state index contributed by atoms with van der Waals surface area (Å²) in [5.74, 6) is 2.54. The third kappa shape index (κ3) is 4.07. The molecule has 3 unspecified atom stereocenters. The molecule has 2 rings (SSSR count). The van der Waals surface area contributed by atoms with Crippen LogP contribution in [0.2, 0.25) is 0 Å². The summed E-state index contributed by atoms with van der Waals surface area (Å²) in [5, 5.41) is 0. The Morgan fingerprint density at radius 1 is 1.05 bits per heavy atom. The minimum atomic E-state index is 0.765. The van der Waals surface area contributed by atoms with Crippen LogP contribution in [0.4, 0.5) is 0 Å². The fourth-order valence-corrected chi connectivity index (χ4v) is 3.05. The largest absolute Gasteiger partial charge is 0.376 e. The molecule has 0 heterocycles. The summed E-state index contributed by atoms with van der Waals surface area (Å²) in [4.78, 5) is 0. The van der Waals surface area contributed by atoms with Gasteiger partial charge in [0.05, 0.1) is 6.61 Å². The van der Waals surface area contributed by atoms with Crippen molar-refractivity contribution in [2.24, 2.45) is 17.8 Å². The minimum absolute atomic E-state index is 0.765. The van der Waals surface area contributed by atoms with Crippen molar-refractivity contribution in [3.05, 3.63) is 34.9 Å². The lowest BCUT2D eigenvalue weighted by Crippen LogP contribution is -2.23. The summed E-state index contributed by atoms with van der Waals surface area (Å²) >= 11 is 0. The zero-order valence-electron chi connectivity index (χ0n) is 12.9. The van der Waals surface area contributed by atoms with Crippen LogP contribution in [0.3, 0.4) is 0 Å². The van der Waals surface area contributed by atoms with Gasteiger partial charge in [0.15, 0.2) is 0 Å². The molecule has 1 aromatic carbocycles. The summed E-state index contributed by atoms with van der Waals surface area (Å²) in [5.41, 5.74) is 4.03. The number of rotatable bonds is 4. The predicted octanol–water partition coefficient (Wildman–Crippen LogP) is 4.89. The summed E-state index contributed by atoms with van der Waals surface area (Å²) in [6, 6.07) is 6.63. The third-order valence-electron chi connectivity index (χ3n) is 4.90.